The zero-order valence-electron chi connectivity index (χ0n) is 10.6. The van der Waals surface area contributed by atoms with E-state index in [-0.39, 0.29) is 5.78 Å². The summed E-state index contributed by atoms with van der Waals surface area (Å²) in [7, 11) is 1.85. The zero-order valence-corrected chi connectivity index (χ0v) is 10.6. The van der Waals surface area contributed by atoms with Crippen LogP contribution in [0.15, 0.2) is 12.4 Å². The van der Waals surface area contributed by atoms with Crippen molar-refractivity contribution in [2.45, 2.75) is 44.6 Å². The molecule has 2 rings (SSSR count). The molecule has 0 aliphatic heterocycles. The SMILES string of the molecule is CCOC1(C(=O)c2nccn2C)CCCCC1. The average molecular weight is 236 g/mol. The van der Waals surface area contributed by atoms with Crippen LogP contribution in [0.5, 0.6) is 0 Å². The van der Waals surface area contributed by atoms with Crippen molar-refractivity contribution in [3.05, 3.63) is 18.2 Å². The van der Waals surface area contributed by atoms with E-state index in [1.807, 2.05) is 14.0 Å². The molecule has 0 saturated heterocycles. The minimum atomic E-state index is -0.619. The van der Waals surface area contributed by atoms with Gasteiger partial charge in [0.2, 0.25) is 5.78 Å². The molecule has 0 N–H and O–H groups in total. The molecule has 1 aromatic rings. The summed E-state index contributed by atoms with van der Waals surface area (Å²) in [5.74, 6) is 0.562. The molecular weight excluding hydrogens is 216 g/mol. The van der Waals surface area contributed by atoms with Crippen molar-refractivity contribution < 1.29 is 9.53 Å². The number of carbonyl (C=O) groups excluding carboxylic acids is 1. The van der Waals surface area contributed by atoms with E-state index in [1.54, 1.807) is 17.0 Å². The molecule has 0 bridgehead atoms. The van der Waals surface area contributed by atoms with Gasteiger partial charge in [-0.2, -0.15) is 0 Å². The summed E-state index contributed by atoms with van der Waals surface area (Å²) in [6.07, 6.45) is 8.44. The lowest BCUT2D eigenvalue weighted by Crippen LogP contribution is -2.44. The number of aryl methyl sites for hydroxylation is 1. The van der Waals surface area contributed by atoms with Crippen molar-refractivity contribution in [1.82, 2.24) is 9.55 Å². The van der Waals surface area contributed by atoms with E-state index >= 15 is 0 Å². The fourth-order valence-electron chi connectivity index (χ4n) is 2.62. The zero-order chi connectivity index (χ0) is 12.3. The Labute approximate surface area is 102 Å². The highest BCUT2D eigenvalue weighted by Crippen LogP contribution is 2.34. The van der Waals surface area contributed by atoms with Crippen LogP contribution in [0.25, 0.3) is 0 Å². The number of hydrogen-bond donors (Lipinski definition) is 0. The Kier molecular flexibility index (Phi) is 3.62. The molecule has 1 saturated carbocycles. The first kappa shape index (κ1) is 12.3. The second-order valence-corrected chi connectivity index (χ2v) is 4.68. The lowest BCUT2D eigenvalue weighted by molar-refractivity contribution is -0.0419. The number of ether oxygens (including phenoxy) is 1. The van der Waals surface area contributed by atoms with Gasteiger partial charge < -0.3 is 9.30 Å². The van der Waals surface area contributed by atoms with Gasteiger partial charge in [-0.25, -0.2) is 4.98 Å². The Morgan fingerprint density at radius 3 is 2.71 bits per heavy atom. The molecule has 1 aromatic heterocycles. The van der Waals surface area contributed by atoms with Gasteiger partial charge in [0.25, 0.3) is 0 Å². The van der Waals surface area contributed by atoms with Crippen molar-refractivity contribution in [2.75, 3.05) is 6.61 Å². The molecule has 4 nitrogen and oxygen atoms in total. The Bertz CT molecular complexity index is 386. The molecule has 0 atom stereocenters. The van der Waals surface area contributed by atoms with Crippen LogP contribution in [0, 0.1) is 0 Å². The molecule has 0 amide bonds. The van der Waals surface area contributed by atoms with E-state index in [9.17, 15) is 4.79 Å². The number of carbonyl (C=O) groups is 1. The third-order valence-corrected chi connectivity index (χ3v) is 3.52. The molecule has 4 heteroatoms. The molecule has 1 fully saturated rings. The number of aromatic nitrogens is 2. The molecule has 1 heterocycles. The van der Waals surface area contributed by atoms with Gasteiger partial charge in [0, 0.05) is 26.0 Å². The summed E-state index contributed by atoms with van der Waals surface area (Å²) in [5.41, 5.74) is -0.619. The van der Waals surface area contributed by atoms with Gasteiger partial charge in [-0.05, 0) is 19.8 Å². The lowest BCUT2D eigenvalue weighted by atomic mass is 9.81. The van der Waals surface area contributed by atoms with Crippen LogP contribution in [0.2, 0.25) is 0 Å². The molecular formula is C13H20N2O2. The highest BCUT2D eigenvalue weighted by Gasteiger charge is 2.42. The van der Waals surface area contributed by atoms with E-state index in [0.717, 1.165) is 25.7 Å². The van der Waals surface area contributed by atoms with Crippen LogP contribution in [-0.2, 0) is 11.8 Å². The summed E-state index contributed by atoms with van der Waals surface area (Å²) in [5, 5.41) is 0. The van der Waals surface area contributed by atoms with Gasteiger partial charge in [-0.15, -0.1) is 0 Å². The third-order valence-electron chi connectivity index (χ3n) is 3.52. The topological polar surface area (TPSA) is 44.1 Å². The van der Waals surface area contributed by atoms with Gasteiger partial charge in [-0.3, -0.25) is 4.79 Å². The Hall–Kier alpha value is -1.16. The second kappa shape index (κ2) is 5.00. The Balaban J connectivity index is 2.27. The van der Waals surface area contributed by atoms with Crippen LogP contribution < -0.4 is 0 Å². The minimum absolute atomic E-state index is 0.0477. The maximum Gasteiger partial charge on any atom is 0.229 e. The van der Waals surface area contributed by atoms with E-state index in [4.69, 9.17) is 4.74 Å². The number of nitrogens with zero attached hydrogens (tertiary/aromatic N) is 2. The largest absolute Gasteiger partial charge is 0.367 e. The molecule has 1 aliphatic rings. The first-order valence-corrected chi connectivity index (χ1v) is 6.36. The molecule has 0 aromatic carbocycles. The summed E-state index contributed by atoms with van der Waals surface area (Å²) in [4.78, 5) is 16.7. The van der Waals surface area contributed by atoms with Crippen LogP contribution in [0.3, 0.4) is 0 Å². The standard InChI is InChI=1S/C13H20N2O2/c1-3-17-13(7-5-4-6-8-13)11(16)12-14-9-10-15(12)2/h9-10H,3-8H2,1-2H3. The number of hydrogen-bond acceptors (Lipinski definition) is 3. The summed E-state index contributed by atoms with van der Waals surface area (Å²) >= 11 is 0. The summed E-state index contributed by atoms with van der Waals surface area (Å²) in [6, 6.07) is 0. The quantitative estimate of drug-likeness (QED) is 0.754. The van der Waals surface area contributed by atoms with E-state index in [0.29, 0.717) is 12.4 Å². The number of ketones is 1. The van der Waals surface area contributed by atoms with Crippen molar-refractivity contribution in [1.29, 1.82) is 0 Å². The number of imidazole rings is 1. The third kappa shape index (κ3) is 2.27. The first-order chi connectivity index (χ1) is 8.19. The molecule has 0 spiro atoms. The van der Waals surface area contributed by atoms with Gasteiger partial charge >= 0.3 is 0 Å². The van der Waals surface area contributed by atoms with Gasteiger partial charge in [-0.1, -0.05) is 19.3 Å². The Morgan fingerprint density at radius 1 is 1.47 bits per heavy atom. The van der Waals surface area contributed by atoms with Crippen LogP contribution >= 0.6 is 0 Å². The maximum absolute atomic E-state index is 12.6. The fourth-order valence-corrected chi connectivity index (χ4v) is 2.62. The smallest absolute Gasteiger partial charge is 0.229 e. The normalized spacial score (nSPS) is 19.2. The van der Waals surface area contributed by atoms with Gasteiger partial charge in [0.1, 0.15) is 5.60 Å². The maximum atomic E-state index is 12.6. The molecule has 0 radical (unpaired) electrons. The highest BCUT2D eigenvalue weighted by atomic mass is 16.5. The van der Waals surface area contributed by atoms with Crippen LogP contribution in [-0.4, -0.2) is 27.5 Å². The fraction of sp³-hybridized carbons (Fsp3) is 0.692. The Morgan fingerprint density at radius 2 is 2.18 bits per heavy atom. The molecule has 17 heavy (non-hydrogen) atoms. The minimum Gasteiger partial charge on any atom is -0.367 e. The van der Waals surface area contributed by atoms with Crippen LogP contribution in [0.4, 0.5) is 0 Å². The number of Topliss-reactive ketones (excluding diaryl/α,β-unsaturated/α-hetero) is 1. The van der Waals surface area contributed by atoms with Crippen molar-refractivity contribution in [3.8, 4) is 0 Å². The number of rotatable bonds is 4. The van der Waals surface area contributed by atoms with E-state index < -0.39 is 5.60 Å². The van der Waals surface area contributed by atoms with Gasteiger partial charge in [0.05, 0.1) is 0 Å². The molecule has 0 unspecified atom stereocenters. The van der Waals surface area contributed by atoms with Crippen molar-refractivity contribution in [2.24, 2.45) is 7.05 Å². The van der Waals surface area contributed by atoms with Crippen molar-refractivity contribution in [3.63, 3.8) is 0 Å². The highest BCUT2D eigenvalue weighted by molar-refractivity contribution is 5.99. The van der Waals surface area contributed by atoms with E-state index in [2.05, 4.69) is 4.98 Å². The first-order valence-electron chi connectivity index (χ1n) is 6.36. The summed E-state index contributed by atoms with van der Waals surface area (Å²) in [6.45, 7) is 2.53. The molecule has 94 valence electrons. The van der Waals surface area contributed by atoms with Gasteiger partial charge in [0.15, 0.2) is 5.82 Å². The van der Waals surface area contributed by atoms with Crippen molar-refractivity contribution >= 4 is 5.78 Å². The lowest BCUT2D eigenvalue weighted by Gasteiger charge is -2.35. The van der Waals surface area contributed by atoms with Crippen LogP contribution in [0.1, 0.15) is 49.6 Å². The van der Waals surface area contributed by atoms with E-state index in [1.165, 1.54) is 6.42 Å². The second-order valence-electron chi connectivity index (χ2n) is 4.68. The molecule has 1 aliphatic carbocycles. The monoisotopic (exact) mass is 236 g/mol. The predicted octanol–water partition coefficient (Wildman–Crippen LogP) is 2.34. The summed E-state index contributed by atoms with van der Waals surface area (Å²) < 4.78 is 7.58. The average Bonchev–Trinajstić information content (AvgIpc) is 2.76. The predicted molar refractivity (Wildman–Crippen MR) is 65.0 cm³/mol.